The largest absolute Gasteiger partial charge is 0.508 e. The van der Waals surface area contributed by atoms with Crippen LogP contribution in [0.1, 0.15) is 20.7 Å². The molecule has 0 aliphatic carbocycles. The van der Waals surface area contributed by atoms with Crippen molar-refractivity contribution in [2.45, 2.75) is 0 Å². The van der Waals surface area contributed by atoms with Crippen molar-refractivity contribution < 1.29 is 29.3 Å². The number of aromatic hydroxyl groups is 1. The van der Waals surface area contributed by atoms with Crippen LogP contribution in [-0.4, -0.2) is 27.3 Å². The van der Waals surface area contributed by atoms with Gasteiger partial charge in [0.15, 0.2) is 5.43 Å². The number of aromatic carboxylic acids is 2. The number of carboxylic acid groups (broad SMARTS) is 2. The van der Waals surface area contributed by atoms with E-state index in [2.05, 4.69) is 0 Å². The molecule has 6 aromatic rings. The highest BCUT2D eigenvalue weighted by Gasteiger charge is 2.22. The molecule has 5 aromatic carbocycles. The monoisotopic (exact) mass is 476 g/mol. The number of carboxylic acids is 2. The average Bonchev–Trinajstić information content (AvgIpc) is 2.86. The summed E-state index contributed by atoms with van der Waals surface area (Å²) in [5.41, 5.74) is 1.35. The first kappa shape index (κ1) is 21.4. The number of hydrogen-bond donors (Lipinski definition) is 3. The first-order valence-electron chi connectivity index (χ1n) is 11.0. The zero-order valence-electron chi connectivity index (χ0n) is 18.5. The Morgan fingerprint density at radius 1 is 0.639 bits per heavy atom. The molecule has 0 amide bonds. The summed E-state index contributed by atoms with van der Waals surface area (Å²) in [6.07, 6.45) is 0. The van der Waals surface area contributed by atoms with E-state index in [0.29, 0.717) is 49.2 Å². The fourth-order valence-electron chi connectivity index (χ4n) is 4.79. The summed E-state index contributed by atoms with van der Waals surface area (Å²) < 4.78 is 6.45. The van der Waals surface area contributed by atoms with Crippen LogP contribution in [0.5, 0.6) is 5.75 Å². The summed E-state index contributed by atoms with van der Waals surface area (Å²) in [7, 11) is 0. The fourth-order valence-corrected chi connectivity index (χ4v) is 4.79. The normalized spacial score (nSPS) is 11.4. The highest BCUT2D eigenvalue weighted by molar-refractivity contribution is 6.21. The van der Waals surface area contributed by atoms with Crippen molar-refractivity contribution in [3.05, 3.63) is 100 Å². The van der Waals surface area contributed by atoms with Crippen LogP contribution in [-0.2, 0) is 0 Å². The second-order valence-corrected chi connectivity index (χ2v) is 8.52. The van der Waals surface area contributed by atoms with E-state index < -0.39 is 11.9 Å². The Kier molecular flexibility index (Phi) is 4.56. The summed E-state index contributed by atoms with van der Waals surface area (Å²) in [4.78, 5) is 35.8. The molecule has 1 heterocycles. The highest BCUT2D eigenvalue weighted by Crippen LogP contribution is 2.43. The van der Waals surface area contributed by atoms with Crippen molar-refractivity contribution in [3.8, 4) is 16.9 Å². The molecule has 174 valence electrons. The van der Waals surface area contributed by atoms with Gasteiger partial charge in [0.25, 0.3) is 0 Å². The molecular formula is C29H16O7. The fraction of sp³-hybridized carbons (Fsp3) is 0. The quantitative estimate of drug-likeness (QED) is 0.211. The smallest absolute Gasteiger partial charge is 0.336 e. The minimum Gasteiger partial charge on any atom is -0.508 e. The molecule has 0 saturated carbocycles. The van der Waals surface area contributed by atoms with Gasteiger partial charge in [0.2, 0.25) is 0 Å². The van der Waals surface area contributed by atoms with E-state index in [-0.39, 0.29) is 22.3 Å². The molecule has 0 aliphatic rings. The lowest BCUT2D eigenvalue weighted by atomic mass is 9.90. The van der Waals surface area contributed by atoms with Gasteiger partial charge < -0.3 is 19.7 Å². The molecule has 0 atom stereocenters. The molecule has 3 N–H and O–H groups in total. The van der Waals surface area contributed by atoms with Crippen LogP contribution in [0.3, 0.4) is 0 Å². The van der Waals surface area contributed by atoms with Gasteiger partial charge in [0.1, 0.15) is 16.9 Å². The third-order valence-electron chi connectivity index (χ3n) is 6.40. The molecule has 0 radical (unpaired) electrons. The van der Waals surface area contributed by atoms with Gasteiger partial charge in [-0.25, -0.2) is 9.59 Å². The molecule has 0 bridgehead atoms. The summed E-state index contributed by atoms with van der Waals surface area (Å²) in [5.74, 6) is -2.40. The van der Waals surface area contributed by atoms with Gasteiger partial charge in [-0.2, -0.15) is 0 Å². The number of phenols is 1. The number of hydrogen-bond acceptors (Lipinski definition) is 5. The van der Waals surface area contributed by atoms with Crippen molar-refractivity contribution in [1.29, 1.82) is 0 Å². The zero-order valence-corrected chi connectivity index (χ0v) is 18.5. The van der Waals surface area contributed by atoms with Crippen molar-refractivity contribution in [3.63, 3.8) is 0 Å². The minimum absolute atomic E-state index is 0.0914. The number of benzene rings is 5. The molecule has 0 spiro atoms. The van der Waals surface area contributed by atoms with Crippen LogP contribution in [0.15, 0.2) is 88.1 Å². The van der Waals surface area contributed by atoms with Crippen LogP contribution in [0.2, 0.25) is 0 Å². The number of rotatable bonds is 3. The molecule has 36 heavy (non-hydrogen) atoms. The van der Waals surface area contributed by atoms with Gasteiger partial charge in [-0.3, -0.25) is 4.79 Å². The van der Waals surface area contributed by atoms with Gasteiger partial charge in [0, 0.05) is 27.1 Å². The Balaban J connectivity index is 1.86. The molecule has 0 aliphatic heterocycles. The standard InChI is InChI=1S/C29H16O7/c30-17-4-9-19-14(11-17)1-7-22-25(21-6-3-16(28(32)33)13-24(21)29(34)35)23-8-2-15-12-18(31)5-10-20(15)27(23)36-26(19)22/h1-13,30H,(H,32,33)(H,34,35). The van der Waals surface area contributed by atoms with Gasteiger partial charge in [0.05, 0.1) is 11.1 Å². The van der Waals surface area contributed by atoms with E-state index in [1.165, 1.54) is 30.3 Å². The molecule has 0 unspecified atom stereocenters. The summed E-state index contributed by atoms with van der Waals surface area (Å²) in [6, 6.07) is 20.6. The first-order chi connectivity index (χ1) is 17.3. The SMILES string of the molecule is O=C(O)c1ccc(-c2c3ccc4cc(O)ccc4c3oc3c2ccc2cc(=O)ccc23)c(C(=O)O)c1. The van der Waals surface area contributed by atoms with Crippen molar-refractivity contribution >= 4 is 55.4 Å². The van der Waals surface area contributed by atoms with E-state index in [0.717, 1.165) is 11.5 Å². The van der Waals surface area contributed by atoms with E-state index in [4.69, 9.17) is 4.42 Å². The maximum absolute atomic E-state index is 12.3. The van der Waals surface area contributed by atoms with Crippen molar-refractivity contribution in [2.75, 3.05) is 0 Å². The topological polar surface area (TPSA) is 125 Å². The Bertz CT molecular complexity index is 1980. The molecule has 7 nitrogen and oxygen atoms in total. The Labute approximate surface area is 202 Å². The second kappa shape index (κ2) is 7.68. The average molecular weight is 476 g/mol. The number of fused-ring (bicyclic) bond motifs is 6. The van der Waals surface area contributed by atoms with Crippen LogP contribution in [0.4, 0.5) is 0 Å². The van der Waals surface area contributed by atoms with Crippen LogP contribution >= 0.6 is 0 Å². The van der Waals surface area contributed by atoms with E-state index in [1.54, 1.807) is 42.5 Å². The van der Waals surface area contributed by atoms with Crippen LogP contribution in [0.25, 0.3) is 54.6 Å². The van der Waals surface area contributed by atoms with Crippen LogP contribution < -0.4 is 5.43 Å². The maximum atomic E-state index is 12.3. The number of carbonyl (C=O) groups is 2. The molecule has 6 rings (SSSR count). The van der Waals surface area contributed by atoms with Gasteiger partial charge >= 0.3 is 11.9 Å². The summed E-state index contributed by atoms with van der Waals surface area (Å²) >= 11 is 0. The third-order valence-corrected chi connectivity index (χ3v) is 6.40. The van der Waals surface area contributed by atoms with Gasteiger partial charge in [-0.15, -0.1) is 0 Å². The molecule has 7 heteroatoms. The number of phenolic OH excluding ortho intramolecular Hbond substituents is 1. The van der Waals surface area contributed by atoms with Gasteiger partial charge in [-0.1, -0.05) is 18.2 Å². The van der Waals surface area contributed by atoms with Crippen molar-refractivity contribution in [2.24, 2.45) is 0 Å². The van der Waals surface area contributed by atoms with Gasteiger partial charge in [-0.05, 0) is 77.0 Å². The lowest BCUT2D eigenvalue weighted by Crippen LogP contribution is -2.05. The lowest BCUT2D eigenvalue weighted by Gasteiger charge is -2.16. The Morgan fingerprint density at radius 2 is 1.25 bits per heavy atom. The maximum Gasteiger partial charge on any atom is 0.336 e. The zero-order chi connectivity index (χ0) is 25.1. The molecule has 1 aromatic heterocycles. The summed E-state index contributed by atoms with van der Waals surface area (Å²) in [6.45, 7) is 0. The lowest BCUT2D eigenvalue weighted by molar-refractivity contribution is 0.0696. The first-order valence-corrected chi connectivity index (χ1v) is 11.0. The predicted octanol–water partition coefficient (Wildman–Crippen LogP) is 6.02. The van der Waals surface area contributed by atoms with E-state index in [1.807, 2.05) is 0 Å². The highest BCUT2D eigenvalue weighted by atomic mass is 16.4. The predicted molar refractivity (Wildman–Crippen MR) is 136 cm³/mol. The second-order valence-electron chi connectivity index (χ2n) is 8.52. The van der Waals surface area contributed by atoms with E-state index >= 15 is 0 Å². The minimum atomic E-state index is -1.27. The molecular weight excluding hydrogens is 460 g/mol. The third kappa shape index (κ3) is 3.18. The van der Waals surface area contributed by atoms with Crippen LogP contribution in [0, 0.1) is 0 Å². The van der Waals surface area contributed by atoms with E-state index in [9.17, 15) is 29.7 Å². The van der Waals surface area contributed by atoms with Crippen molar-refractivity contribution in [1.82, 2.24) is 0 Å². The molecule has 0 saturated heterocycles. The Hall–Kier alpha value is -5.17. The summed E-state index contributed by atoms with van der Waals surface area (Å²) in [5, 5.41) is 33.4. The Morgan fingerprint density at radius 3 is 1.89 bits per heavy atom. The molecule has 0 fully saturated rings.